The molecule has 0 aromatic carbocycles. The molecule has 12 heteroatoms. The van der Waals surface area contributed by atoms with Gasteiger partial charge in [-0.15, -0.1) is 136 Å². The first-order valence-corrected chi connectivity index (χ1v) is 62.5. The first-order valence-electron chi connectivity index (χ1n) is 52.6. The van der Waals surface area contributed by atoms with Crippen LogP contribution in [-0.4, -0.2) is 0 Å². The average molecular weight is 1920 g/mol. The van der Waals surface area contributed by atoms with Crippen molar-refractivity contribution in [2.24, 2.45) is 0 Å². The monoisotopic (exact) mass is 1920 g/mol. The van der Waals surface area contributed by atoms with Gasteiger partial charge in [0.25, 0.3) is 0 Å². The van der Waals surface area contributed by atoms with Crippen molar-refractivity contribution in [3.8, 4) is 78.0 Å². The van der Waals surface area contributed by atoms with Gasteiger partial charge >= 0.3 is 0 Å². The van der Waals surface area contributed by atoms with E-state index in [0.29, 0.717) is 0 Å². The number of rotatable bonds is 74. The molecule has 0 spiro atoms. The van der Waals surface area contributed by atoms with E-state index < -0.39 is 0 Å². The summed E-state index contributed by atoms with van der Waals surface area (Å²) in [5.41, 5.74) is 9.54. The van der Waals surface area contributed by atoms with Crippen LogP contribution in [0.1, 0.15) is 460 Å². The molecule has 126 heavy (non-hydrogen) atoms. The van der Waals surface area contributed by atoms with E-state index in [0.717, 1.165) is 0 Å². The molecule has 0 aliphatic rings. The van der Waals surface area contributed by atoms with Crippen molar-refractivity contribution in [1.29, 1.82) is 0 Å². The first kappa shape index (κ1) is 102. The molecule has 692 valence electrons. The molecule has 0 fully saturated rings. The number of thiophene rings is 12. The molecule has 12 heterocycles. The number of hydrogen-bond donors (Lipinski definition) is 0. The predicted octanol–water partition coefficient (Wildman–Crippen LogP) is 46.0. The van der Waals surface area contributed by atoms with Crippen molar-refractivity contribution in [1.82, 2.24) is 0 Å². The Labute approximate surface area is 816 Å². The molecule has 12 aromatic rings. The minimum absolute atomic E-state index is 1.17. The van der Waals surface area contributed by atoms with Gasteiger partial charge in [0.1, 0.15) is 0 Å². The minimum Gasteiger partial charge on any atom is -0.143 e. The van der Waals surface area contributed by atoms with E-state index in [1.165, 1.54) is 510 Å². The van der Waals surface area contributed by atoms with Crippen LogP contribution in [-0.2, 0) is 38.5 Å². The Bertz CT molecular complexity index is 4460. The topological polar surface area (TPSA) is 0 Å². The van der Waals surface area contributed by atoms with Crippen LogP contribution in [0.4, 0.5) is 0 Å². The molecule has 0 aliphatic carbocycles. The highest BCUT2D eigenvalue weighted by atomic mass is 32.1. The molecular weight excluding hydrogens is 1750 g/mol. The molecule has 0 nitrogen and oxygen atoms in total. The molecule has 0 atom stereocenters. The lowest BCUT2D eigenvalue weighted by atomic mass is 10.0. The van der Waals surface area contributed by atoms with Crippen LogP contribution in [0.2, 0.25) is 0 Å². The summed E-state index contributed by atoms with van der Waals surface area (Å²) in [6.07, 6.45) is 90.0. The quantitative estimate of drug-likeness (QED) is 0.0333. The van der Waals surface area contributed by atoms with Crippen LogP contribution in [0.3, 0.4) is 0 Å². The standard InChI is InChI=1S/C114H164S12/c1-7-13-19-25-31-37-43-49-55-61-67-87-73-75-115-109(87)103-81-97-99(117-103)83-105(119-97)111-89(69-63-57-51-45-39-33-27-21-15-9-3)77-93(123-111)95-79-91(71-65-59-53-47-41-35-29-23-17-11-5)113(125-95)107-85-101-102(121-107)86-108(122-101)114-92(72-66-60-54-48-42-36-30-24-18-12-6)80-96(126-114)94-78-90(70-64-58-52-46-40-34-28-22-16-10-4)112(124-94)106-84-100-98(120-106)82-104(118-100)110-88(74-76-116-110)68-62-56-50-44-38-32-26-20-14-8-2/h73-86H,7-72H2,1-6H3. The summed E-state index contributed by atoms with van der Waals surface area (Å²) >= 11 is 24.9. The summed E-state index contributed by atoms with van der Waals surface area (Å²) in [6.45, 7) is 14.0. The van der Waals surface area contributed by atoms with Gasteiger partial charge in [-0.1, -0.05) is 388 Å². The zero-order valence-electron chi connectivity index (χ0n) is 79.7. The molecule has 0 bridgehead atoms. The molecule has 0 unspecified atom stereocenters. The first-order chi connectivity index (χ1) is 62.3. The Morgan fingerprint density at radius 3 is 0.468 bits per heavy atom. The summed E-state index contributed by atoms with van der Waals surface area (Å²) in [4.78, 5) is 24.2. The number of fused-ring (bicyclic) bond motifs is 3. The van der Waals surface area contributed by atoms with Crippen LogP contribution >= 0.6 is 136 Å². The number of aryl methyl sites for hydroxylation is 6. The van der Waals surface area contributed by atoms with Gasteiger partial charge in [-0.05, 0) is 194 Å². The molecule has 0 N–H and O–H groups in total. The minimum atomic E-state index is 1.17. The van der Waals surface area contributed by atoms with Gasteiger partial charge in [-0.2, -0.15) is 0 Å². The molecule has 12 rings (SSSR count). The summed E-state index contributed by atoms with van der Waals surface area (Å²) in [5, 5.41) is 4.73. The zero-order valence-corrected chi connectivity index (χ0v) is 89.4. The molecular formula is C114H164S12. The Hall–Kier alpha value is -2.82. The maximum Gasteiger partial charge on any atom is 0.0482 e. The normalized spacial score (nSPS) is 12.1. The third kappa shape index (κ3) is 33.3. The molecule has 0 saturated carbocycles. The largest absolute Gasteiger partial charge is 0.143 e. The highest BCUT2D eigenvalue weighted by Crippen LogP contribution is 2.55. The second-order valence-corrected chi connectivity index (χ2v) is 50.4. The van der Waals surface area contributed by atoms with Crippen molar-refractivity contribution in [3.05, 3.63) is 117 Å². The fourth-order valence-corrected chi connectivity index (χ4v) is 34.2. The molecule has 0 saturated heterocycles. The molecule has 0 radical (unpaired) electrons. The Kier molecular flexibility index (Phi) is 48.5. The van der Waals surface area contributed by atoms with E-state index in [1.807, 2.05) is 22.7 Å². The second kappa shape index (κ2) is 59.8. The van der Waals surface area contributed by atoms with E-state index in [1.54, 1.807) is 52.9 Å². The second-order valence-electron chi connectivity index (χ2n) is 37.9. The van der Waals surface area contributed by atoms with Crippen molar-refractivity contribution in [2.75, 3.05) is 0 Å². The number of hydrogen-bond acceptors (Lipinski definition) is 12. The summed E-state index contributed by atoms with van der Waals surface area (Å²) in [5.74, 6) is 0. The van der Waals surface area contributed by atoms with E-state index in [4.69, 9.17) is 0 Å². The molecule has 12 aromatic heterocycles. The predicted molar refractivity (Wildman–Crippen MR) is 590 cm³/mol. The maximum absolute atomic E-state index is 2.70. The fraction of sp³-hybridized carbons (Fsp3) is 0.632. The maximum atomic E-state index is 2.70. The molecule has 0 aliphatic heterocycles. The smallest absolute Gasteiger partial charge is 0.0482 e. The fourth-order valence-electron chi connectivity index (χ4n) is 19.3. The van der Waals surface area contributed by atoms with Crippen LogP contribution in [0.25, 0.3) is 106 Å². The Morgan fingerprint density at radius 2 is 0.294 bits per heavy atom. The van der Waals surface area contributed by atoms with E-state index in [-0.39, 0.29) is 0 Å². The summed E-state index contributed by atoms with van der Waals surface area (Å²) in [6, 6.07) is 31.3. The van der Waals surface area contributed by atoms with E-state index >= 15 is 0 Å². The van der Waals surface area contributed by atoms with Gasteiger partial charge in [-0.25, -0.2) is 0 Å². The van der Waals surface area contributed by atoms with Gasteiger partial charge in [0, 0.05) is 106 Å². The van der Waals surface area contributed by atoms with E-state index in [9.17, 15) is 0 Å². The summed E-state index contributed by atoms with van der Waals surface area (Å²) in [7, 11) is 0. The SMILES string of the molecule is CCCCCCCCCCCCc1ccsc1-c1cc2sc(-c3sc(-c4cc(CCCCCCCCCCCC)c(-c5cc6sc(-c7sc(-c8cc(CCCCCCCCCCCC)c(-c9cc%10sc(-c%11sccc%11CCCCCCCCCCCC)cc%10s9)s8)cc7CCCCCCCCCCCC)cc6s5)s4)cc3CCCCCCCCCCCC)cc2s1. The van der Waals surface area contributed by atoms with Crippen molar-refractivity contribution >= 4 is 164 Å². The average Bonchev–Trinajstić information content (AvgIpc) is 1.62. The lowest BCUT2D eigenvalue weighted by molar-refractivity contribution is 0.556. The van der Waals surface area contributed by atoms with E-state index in [2.05, 4.69) is 238 Å². The highest BCUT2D eigenvalue weighted by molar-refractivity contribution is 7.37. The van der Waals surface area contributed by atoms with Crippen molar-refractivity contribution in [2.45, 2.75) is 465 Å². The Morgan fingerprint density at radius 1 is 0.143 bits per heavy atom. The van der Waals surface area contributed by atoms with Gasteiger partial charge in [0.05, 0.1) is 0 Å². The number of unbranched alkanes of at least 4 members (excludes halogenated alkanes) is 54. The Balaban J connectivity index is 0.807. The van der Waals surface area contributed by atoms with Gasteiger partial charge < -0.3 is 0 Å². The van der Waals surface area contributed by atoms with Crippen LogP contribution in [0.5, 0.6) is 0 Å². The van der Waals surface area contributed by atoms with Crippen molar-refractivity contribution < 1.29 is 0 Å². The van der Waals surface area contributed by atoms with Gasteiger partial charge in [-0.3, -0.25) is 0 Å². The van der Waals surface area contributed by atoms with Crippen molar-refractivity contribution in [3.63, 3.8) is 0 Å². The third-order valence-corrected chi connectivity index (χ3v) is 42.0. The van der Waals surface area contributed by atoms with Crippen LogP contribution < -0.4 is 0 Å². The lowest BCUT2D eigenvalue weighted by Gasteiger charge is -2.04. The zero-order chi connectivity index (χ0) is 87.2. The third-order valence-electron chi connectivity index (χ3n) is 27.0. The lowest BCUT2D eigenvalue weighted by Crippen LogP contribution is -1.87. The van der Waals surface area contributed by atoms with Crippen LogP contribution in [0, 0.1) is 0 Å². The molecule has 0 amide bonds. The summed E-state index contributed by atoms with van der Waals surface area (Å²) < 4.78 is 8.87. The van der Waals surface area contributed by atoms with Gasteiger partial charge in [0.2, 0.25) is 0 Å². The van der Waals surface area contributed by atoms with Crippen LogP contribution in [0.15, 0.2) is 83.6 Å². The highest BCUT2D eigenvalue weighted by Gasteiger charge is 2.26. The van der Waals surface area contributed by atoms with Gasteiger partial charge in [0.15, 0.2) is 0 Å².